The molecule has 5 nitrogen and oxygen atoms in total. The molecule has 1 aliphatic rings. The second kappa shape index (κ2) is 6.33. The summed E-state index contributed by atoms with van der Waals surface area (Å²) in [5.74, 6) is -0.0519. The van der Waals surface area contributed by atoms with Gasteiger partial charge in [0.05, 0.1) is 12.0 Å². The third-order valence-corrected chi connectivity index (χ3v) is 5.14. The number of carboxylic acid groups (broad SMARTS) is 1. The summed E-state index contributed by atoms with van der Waals surface area (Å²) >= 11 is 0. The van der Waals surface area contributed by atoms with Gasteiger partial charge in [-0.15, -0.1) is 0 Å². The minimum atomic E-state index is -0.793. The standard InChI is InChI=1S/C20H20N2O3/c23-19(24)20(15-6-2-1-3-7-15)10-12-22(13-11-20)14-18-21-16-8-4-5-9-17(16)25-18/h1-9H,10-14H2,(H,23,24). The van der Waals surface area contributed by atoms with Crippen LogP contribution in [0, 0.1) is 0 Å². The zero-order valence-corrected chi connectivity index (χ0v) is 13.9. The lowest BCUT2D eigenvalue weighted by molar-refractivity contribution is -0.146. The number of aromatic nitrogens is 1. The van der Waals surface area contributed by atoms with E-state index in [-0.39, 0.29) is 0 Å². The molecule has 0 radical (unpaired) electrons. The first-order valence-electron chi connectivity index (χ1n) is 8.53. The number of carbonyl (C=O) groups is 1. The number of fused-ring (bicyclic) bond motifs is 1. The summed E-state index contributed by atoms with van der Waals surface area (Å²) in [6.45, 7) is 2.03. The fourth-order valence-electron chi connectivity index (χ4n) is 3.65. The van der Waals surface area contributed by atoms with Gasteiger partial charge in [-0.25, -0.2) is 4.98 Å². The highest BCUT2D eigenvalue weighted by molar-refractivity contribution is 5.81. The first-order valence-corrected chi connectivity index (χ1v) is 8.53. The normalized spacial score (nSPS) is 17.6. The van der Waals surface area contributed by atoms with Gasteiger partial charge >= 0.3 is 5.97 Å². The Morgan fingerprint density at radius 3 is 2.44 bits per heavy atom. The topological polar surface area (TPSA) is 66.6 Å². The molecule has 2 aromatic carbocycles. The Morgan fingerprint density at radius 2 is 1.76 bits per heavy atom. The molecule has 1 aromatic heterocycles. The number of likely N-dealkylation sites (tertiary alicyclic amines) is 1. The molecular weight excluding hydrogens is 316 g/mol. The van der Waals surface area contributed by atoms with Gasteiger partial charge in [-0.2, -0.15) is 0 Å². The molecule has 0 saturated carbocycles. The smallest absolute Gasteiger partial charge is 0.314 e. The number of nitrogens with zero attached hydrogens (tertiary/aromatic N) is 2. The summed E-state index contributed by atoms with van der Waals surface area (Å²) < 4.78 is 5.79. The number of carboxylic acids is 1. The lowest BCUT2D eigenvalue weighted by Gasteiger charge is -2.38. The SMILES string of the molecule is O=C(O)C1(c2ccccc2)CCN(Cc2nc3ccccc3o2)CC1. The van der Waals surface area contributed by atoms with Crippen molar-refractivity contribution < 1.29 is 14.3 Å². The molecule has 128 valence electrons. The van der Waals surface area contributed by atoms with Gasteiger partial charge in [0.25, 0.3) is 0 Å². The minimum Gasteiger partial charge on any atom is -0.481 e. The van der Waals surface area contributed by atoms with Crippen LogP contribution in [0.4, 0.5) is 0 Å². The van der Waals surface area contributed by atoms with Crippen molar-refractivity contribution in [3.63, 3.8) is 0 Å². The molecule has 25 heavy (non-hydrogen) atoms. The third-order valence-electron chi connectivity index (χ3n) is 5.14. The van der Waals surface area contributed by atoms with Gasteiger partial charge in [0.1, 0.15) is 5.52 Å². The van der Waals surface area contributed by atoms with Crippen molar-refractivity contribution in [3.8, 4) is 0 Å². The van der Waals surface area contributed by atoms with Crippen LogP contribution in [0.1, 0.15) is 24.3 Å². The van der Waals surface area contributed by atoms with Crippen molar-refractivity contribution in [2.75, 3.05) is 13.1 Å². The molecule has 4 rings (SSSR count). The molecule has 0 amide bonds. The average Bonchev–Trinajstić information content (AvgIpc) is 3.05. The Labute approximate surface area is 145 Å². The largest absolute Gasteiger partial charge is 0.481 e. The van der Waals surface area contributed by atoms with Crippen molar-refractivity contribution >= 4 is 17.1 Å². The lowest BCUT2D eigenvalue weighted by Crippen LogP contribution is -2.47. The summed E-state index contributed by atoms with van der Waals surface area (Å²) in [7, 11) is 0. The quantitative estimate of drug-likeness (QED) is 0.790. The second-order valence-electron chi connectivity index (χ2n) is 6.60. The highest BCUT2D eigenvalue weighted by Crippen LogP contribution is 2.36. The van der Waals surface area contributed by atoms with E-state index in [0.29, 0.717) is 38.4 Å². The monoisotopic (exact) mass is 336 g/mol. The first-order chi connectivity index (χ1) is 12.2. The van der Waals surface area contributed by atoms with Crippen LogP contribution < -0.4 is 0 Å². The van der Waals surface area contributed by atoms with E-state index in [4.69, 9.17) is 4.42 Å². The van der Waals surface area contributed by atoms with Crippen LogP contribution in [-0.4, -0.2) is 34.0 Å². The van der Waals surface area contributed by atoms with Crippen LogP contribution in [0.25, 0.3) is 11.1 Å². The van der Waals surface area contributed by atoms with Gasteiger partial charge in [-0.05, 0) is 30.5 Å². The number of para-hydroxylation sites is 2. The molecule has 5 heteroatoms. The van der Waals surface area contributed by atoms with E-state index in [1.54, 1.807) is 0 Å². The summed E-state index contributed by atoms with van der Waals surface area (Å²) in [6.07, 6.45) is 1.18. The van der Waals surface area contributed by atoms with E-state index in [2.05, 4.69) is 9.88 Å². The average molecular weight is 336 g/mol. The maximum Gasteiger partial charge on any atom is 0.314 e. The van der Waals surface area contributed by atoms with Crippen LogP contribution in [0.5, 0.6) is 0 Å². The van der Waals surface area contributed by atoms with Crippen molar-refractivity contribution in [3.05, 3.63) is 66.1 Å². The molecule has 2 heterocycles. The van der Waals surface area contributed by atoms with Crippen LogP contribution in [0.3, 0.4) is 0 Å². The van der Waals surface area contributed by atoms with Gasteiger partial charge in [-0.1, -0.05) is 42.5 Å². The molecule has 1 N–H and O–H groups in total. The number of piperidine rings is 1. The van der Waals surface area contributed by atoms with Gasteiger partial charge in [0.2, 0.25) is 5.89 Å². The van der Waals surface area contributed by atoms with Gasteiger partial charge in [0.15, 0.2) is 5.58 Å². The van der Waals surface area contributed by atoms with Gasteiger partial charge in [0, 0.05) is 13.1 Å². The molecule has 0 spiro atoms. The molecule has 0 unspecified atom stereocenters. The summed E-state index contributed by atoms with van der Waals surface area (Å²) in [5, 5.41) is 9.86. The maximum atomic E-state index is 12.0. The zero-order chi connectivity index (χ0) is 17.3. The zero-order valence-electron chi connectivity index (χ0n) is 13.9. The van der Waals surface area contributed by atoms with Crippen molar-refractivity contribution in [1.29, 1.82) is 0 Å². The molecule has 1 fully saturated rings. The number of hydrogen-bond donors (Lipinski definition) is 1. The second-order valence-corrected chi connectivity index (χ2v) is 6.60. The first kappa shape index (κ1) is 15.8. The Bertz CT molecular complexity index is 847. The fraction of sp³-hybridized carbons (Fsp3) is 0.300. The Hall–Kier alpha value is -2.66. The molecule has 3 aromatic rings. The van der Waals surface area contributed by atoms with Crippen LogP contribution in [0.2, 0.25) is 0 Å². The van der Waals surface area contributed by atoms with Crippen molar-refractivity contribution in [2.24, 2.45) is 0 Å². The molecule has 0 bridgehead atoms. The fourth-order valence-corrected chi connectivity index (χ4v) is 3.65. The molecular formula is C20H20N2O3. The Kier molecular flexibility index (Phi) is 4.01. The van der Waals surface area contributed by atoms with E-state index in [9.17, 15) is 9.90 Å². The van der Waals surface area contributed by atoms with Crippen molar-refractivity contribution in [2.45, 2.75) is 24.8 Å². The summed E-state index contributed by atoms with van der Waals surface area (Å²) in [5.41, 5.74) is 1.75. The Balaban J connectivity index is 1.49. The molecule has 1 saturated heterocycles. The number of aliphatic carboxylic acids is 1. The van der Waals surface area contributed by atoms with Crippen LogP contribution in [-0.2, 0) is 16.8 Å². The van der Waals surface area contributed by atoms with E-state index in [1.807, 2.05) is 54.6 Å². The summed E-state index contributed by atoms with van der Waals surface area (Å²) in [4.78, 5) is 18.7. The van der Waals surface area contributed by atoms with E-state index < -0.39 is 11.4 Å². The maximum absolute atomic E-state index is 12.0. The third kappa shape index (κ3) is 2.91. The Morgan fingerprint density at radius 1 is 1.08 bits per heavy atom. The van der Waals surface area contributed by atoms with E-state index in [1.165, 1.54) is 0 Å². The van der Waals surface area contributed by atoms with Gasteiger partial charge in [-0.3, -0.25) is 9.69 Å². The van der Waals surface area contributed by atoms with Gasteiger partial charge < -0.3 is 9.52 Å². The van der Waals surface area contributed by atoms with Crippen molar-refractivity contribution in [1.82, 2.24) is 9.88 Å². The van der Waals surface area contributed by atoms with Crippen LogP contribution in [0.15, 0.2) is 59.0 Å². The predicted octanol–water partition coefficient (Wildman–Crippen LogP) is 3.45. The highest BCUT2D eigenvalue weighted by atomic mass is 16.4. The lowest BCUT2D eigenvalue weighted by atomic mass is 9.73. The highest BCUT2D eigenvalue weighted by Gasteiger charge is 2.43. The summed E-state index contributed by atoms with van der Waals surface area (Å²) in [6, 6.07) is 17.3. The minimum absolute atomic E-state index is 0.590. The molecule has 0 atom stereocenters. The van der Waals surface area contributed by atoms with E-state index in [0.717, 1.165) is 16.7 Å². The predicted molar refractivity (Wildman–Crippen MR) is 94.3 cm³/mol. The number of benzene rings is 2. The number of oxazole rings is 1. The van der Waals surface area contributed by atoms with Crippen LogP contribution >= 0.6 is 0 Å². The van der Waals surface area contributed by atoms with E-state index >= 15 is 0 Å². The molecule has 0 aliphatic carbocycles. The molecule has 1 aliphatic heterocycles. The number of rotatable bonds is 4. The number of hydrogen-bond acceptors (Lipinski definition) is 4.